The molecule has 3 heterocycles. The van der Waals surface area contributed by atoms with E-state index >= 15 is 0 Å². The number of hydrogen-bond donors (Lipinski definition) is 1. The molecule has 86 valence electrons. The molecule has 1 aromatic rings. The molecule has 2 aliphatic rings. The Balaban J connectivity index is 1.74. The van der Waals surface area contributed by atoms with Gasteiger partial charge in [-0.2, -0.15) is 0 Å². The maximum absolute atomic E-state index is 12.0. The molecule has 0 bridgehead atoms. The molecule has 1 amide bonds. The molecule has 2 aliphatic heterocycles. The van der Waals surface area contributed by atoms with Gasteiger partial charge >= 0.3 is 0 Å². The second-order valence-corrected chi connectivity index (χ2v) is 4.65. The Morgan fingerprint density at radius 3 is 3.00 bits per heavy atom. The Labute approximate surface area is 98.4 Å². The SMILES string of the molecule is O=C(C1CNC1)N1CCn2c(Cl)cnc2C1. The van der Waals surface area contributed by atoms with Gasteiger partial charge in [0.15, 0.2) is 0 Å². The van der Waals surface area contributed by atoms with E-state index in [1.807, 2.05) is 9.47 Å². The van der Waals surface area contributed by atoms with Crippen LogP contribution in [0.3, 0.4) is 0 Å². The van der Waals surface area contributed by atoms with Crippen molar-refractivity contribution < 1.29 is 4.79 Å². The second kappa shape index (κ2) is 3.75. The quantitative estimate of drug-likeness (QED) is 0.758. The molecule has 0 unspecified atom stereocenters. The van der Waals surface area contributed by atoms with Crippen LogP contribution in [-0.4, -0.2) is 40.0 Å². The van der Waals surface area contributed by atoms with Crippen LogP contribution in [0.1, 0.15) is 5.82 Å². The van der Waals surface area contributed by atoms with Crippen molar-refractivity contribution in [1.29, 1.82) is 0 Å². The fraction of sp³-hybridized carbons (Fsp3) is 0.600. The third-order valence-corrected chi connectivity index (χ3v) is 3.56. The Morgan fingerprint density at radius 2 is 2.31 bits per heavy atom. The van der Waals surface area contributed by atoms with Crippen LogP contribution in [0.2, 0.25) is 5.15 Å². The Morgan fingerprint density at radius 1 is 1.50 bits per heavy atom. The Kier molecular flexibility index (Phi) is 2.37. The highest BCUT2D eigenvalue weighted by Crippen LogP contribution is 2.19. The molecule has 3 rings (SSSR count). The molecule has 1 fully saturated rings. The van der Waals surface area contributed by atoms with E-state index in [1.165, 1.54) is 0 Å². The highest BCUT2D eigenvalue weighted by atomic mass is 35.5. The first-order valence-corrected chi connectivity index (χ1v) is 5.83. The summed E-state index contributed by atoms with van der Waals surface area (Å²) in [4.78, 5) is 18.1. The summed E-state index contributed by atoms with van der Waals surface area (Å²) in [5.41, 5.74) is 0. The summed E-state index contributed by atoms with van der Waals surface area (Å²) >= 11 is 5.97. The van der Waals surface area contributed by atoms with Gasteiger partial charge in [-0.05, 0) is 0 Å². The first kappa shape index (κ1) is 10.1. The van der Waals surface area contributed by atoms with Gasteiger partial charge in [0.25, 0.3) is 0 Å². The van der Waals surface area contributed by atoms with Crippen molar-refractivity contribution in [3.63, 3.8) is 0 Å². The molecular formula is C10H13ClN4O. The predicted molar refractivity (Wildman–Crippen MR) is 59.0 cm³/mol. The summed E-state index contributed by atoms with van der Waals surface area (Å²) in [6.45, 7) is 3.69. The normalized spacial score (nSPS) is 20.4. The molecule has 16 heavy (non-hydrogen) atoms. The van der Waals surface area contributed by atoms with Gasteiger partial charge in [-0.1, -0.05) is 11.6 Å². The van der Waals surface area contributed by atoms with Crippen LogP contribution in [0.15, 0.2) is 6.20 Å². The van der Waals surface area contributed by atoms with Gasteiger partial charge < -0.3 is 14.8 Å². The maximum Gasteiger partial charge on any atom is 0.228 e. The van der Waals surface area contributed by atoms with E-state index in [4.69, 9.17) is 11.6 Å². The van der Waals surface area contributed by atoms with Crippen molar-refractivity contribution in [3.05, 3.63) is 17.2 Å². The van der Waals surface area contributed by atoms with Crippen molar-refractivity contribution >= 4 is 17.5 Å². The molecule has 5 nitrogen and oxygen atoms in total. The van der Waals surface area contributed by atoms with Crippen molar-refractivity contribution in [2.24, 2.45) is 5.92 Å². The number of fused-ring (bicyclic) bond motifs is 1. The van der Waals surface area contributed by atoms with Crippen molar-refractivity contribution in [1.82, 2.24) is 19.8 Å². The summed E-state index contributed by atoms with van der Waals surface area (Å²) in [5.74, 6) is 1.29. The largest absolute Gasteiger partial charge is 0.333 e. The number of imidazole rings is 1. The lowest BCUT2D eigenvalue weighted by atomic mass is 10.0. The van der Waals surface area contributed by atoms with Gasteiger partial charge in [0.05, 0.1) is 18.7 Å². The number of aromatic nitrogens is 2. The van der Waals surface area contributed by atoms with Crippen LogP contribution in [0, 0.1) is 5.92 Å². The van der Waals surface area contributed by atoms with Gasteiger partial charge in [0.1, 0.15) is 11.0 Å². The third-order valence-electron chi connectivity index (χ3n) is 3.26. The summed E-state index contributed by atoms with van der Waals surface area (Å²) in [6.07, 6.45) is 1.65. The third kappa shape index (κ3) is 1.51. The standard InChI is InChI=1S/C10H13ClN4O/c11-8-5-13-9-6-14(1-2-15(8)9)10(16)7-3-12-4-7/h5,7,12H,1-4,6H2. The lowest BCUT2D eigenvalue weighted by molar-refractivity contribution is -0.138. The predicted octanol–water partition coefficient (Wildman–Crippen LogP) is 0.0981. The smallest absolute Gasteiger partial charge is 0.228 e. The first-order chi connectivity index (χ1) is 7.75. The molecule has 0 aliphatic carbocycles. The van der Waals surface area contributed by atoms with Gasteiger partial charge in [0, 0.05) is 26.2 Å². The molecular weight excluding hydrogens is 228 g/mol. The van der Waals surface area contributed by atoms with E-state index in [9.17, 15) is 4.79 Å². The van der Waals surface area contributed by atoms with Crippen molar-refractivity contribution in [3.8, 4) is 0 Å². The van der Waals surface area contributed by atoms with Crippen LogP contribution in [0.5, 0.6) is 0 Å². The molecule has 1 N–H and O–H groups in total. The van der Waals surface area contributed by atoms with Crippen LogP contribution < -0.4 is 5.32 Å². The molecule has 0 spiro atoms. The van der Waals surface area contributed by atoms with Crippen LogP contribution >= 0.6 is 11.6 Å². The molecule has 0 saturated carbocycles. The number of carbonyl (C=O) groups is 1. The number of nitrogens with one attached hydrogen (secondary N) is 1. The van der Waals surface area contributed by atoms with Gasteiger partial charge in [-0.3, -0.25) is 4.79 Å². The zero-order valence-electron chi connectivity index (χ0n) is 8.82. The lowest BCUT2D eigenvalue weighted by Gasteiger charge is -2.34. The topological polar surface area (TPSA) is 50.2 Å². The van der Waals surface area contributed by atoms with Crippen LogP contribution in [-0.2, 0) is 17.9 Å². The lowest BCUT2D eigenvalue weighted by Crippen LogP contribution is -2.53. The fourth-order valence-electron chi connectivity index (χ4n) is 2.13. The van der Waals surface area contributed by atoms with Crippen LogP contribution in [0.4, 0.5) is 0 Å². The van der Waals surface area contributed by atoms with Gasteiger partial charge in [0.2, 0.25) is 5.91 Å². The summed E-state index contributed by atoms with van der Waals surface area (Å²) in [5, 5.41) is 3.77. The van der Waals surface area contributed by atoms with E-state index in [-0.39, 0.29) is 11.8 Å². The summed E-state index contributed by atoms with van der Waals surface area (Å²) in [7, 11) is 0. The number of halogens is 1. The number of nitrogens with zero attached hydrogens (tertiary/aromatic N) is 3. The zero-order chi connectivity index (χ0) is 11.1. The highest BCUT2D eigenvalue weighted by Gasteiger charge is 2.31. The first-order valence-electron chi connectivity index (χ1n) is 5.45. The Hall–Kier alpha value is -1.07. The number of amides is 1. The molecule has 1 saturated heterocycles. The molecule has 0 aromatic carbocycles. The molecule has 1 aromatic heterocycles. The molecule has 0 radical (unpaired) electrons. The number of rotatable bonds is 1. The molecule has 6 heteroatoms. The minimum atomic E-state index is 0.164. The average Bonchev–Trinajstić information content (AvgIpc) is 2.57. The fourth-order valence-corrected chi connectivity index (χ4v) is 2.36. The number of carbonyl (C=O) groups excluding carboxylic acids is 1. The Bertz CT molecular complexity index is 426. The van der Waals surface area contributed by atoms with Gasteiger partial charge in [-0.15, -0.1) is 0 Å². The van der Waals surface area contributed by atoms with E-state index < -0.39 is 0 Å². The highest BCUT2D eigenvalue weighted by molar-refractivity contribution is 6.29. The molecule has 0 atom stereocenters. The minimum absolute atomic E-state index is 0.164. The van der Waals surface area contributed by atoms with E-state index in [0.29, 0.717) is 11.7 Å². The summed E-state index contributed by atoms with van der Waals surface area (Å²) < 4.78 is 1.96. The average molecular weight is 241 g/mol. The minimum Gasteiger partial charge on any atom is -0.333 e. The van der Waals surface area contributed by atoms with E-state index in [0.717, 1.165) is 32.0 Å². The van der Waals surface area contributed by atoms with E-state index in [1.54, 1.807) is 6.20 Å². The maximum atomic E-state index is 12.0. The van der Waals surface area contributed by atoms with Crippen LogP contribution in [0.25, 0.3) is 0 Å². The monoisotopic (exact) mass is 240 g/mol. The second-order valence-electron chi connectivity index (χ2n) is 4.26. The van der Waals surface area contributed by atoms with Crippen molar-refractivity contribution in [2.75, 3.05) is 19.6 Å². The summed E-state index contributed by atoms with van der Waals surface area (Å²) in [6, 6.07) is 0. The number of hydrogen-bond acceptors (Lipinski definition) is 3. The van der Waals surface area contributed by atoms with E-state index in [2.05, 4.69) is 10.3 Å². The van der Waals surface area contributed by atoms with Crippen molar-refractivity contribution in [2.45, 2.75) is 13.1 Å². The van der Waals surface area contributed by atoms with Gasteiger partial charge in [-0.25, -0.2) is 4.98 Å². The zero-order valence-corrected chi connectivity index (χ0v) is 9.57.